The minimum Gasteiger partial charge on any atom is -0.548 e. The predicted molar refractivity (Wildman–Crippen MR) is 44.5 cm³/mol. The van der Waals surface area contributed by atoms with Gasteiger partial charge >= 0.3 is 35.5 Å². The zero-order valence-electron chi connectivity index (χ0n) is 8.98. The summed E-state index contributed by atoms with van der Waals surface area (Å²) in [4.78, 5) is 42.0. The second-order valence-corrected chi connectivity index (χ2v) is 2.92. The summed E-state index contributed by atoms with van der Waals surface area (Å²) in [6.07, 6.45) is -1.27. The van der Waals surface area contributed by atoms with Crippen LogP contribution in [0.25, 0.3) is 0 Å². The fourth-order valence-electron chi connectivity index (χ4n) is 0.839. The summed E-state index contributed by atoms with van der Waals surface area (Å²) in [5.74, 6) is -4.36. The molecule has 8 heteroatoms. The zero-order valence-corrected chi connectivity index (χ0v) is 11.0. The summed E-state index contributed by atoms with van der Waals surface area (Å²) in [6, 6.07) is -1.62. The number of amides is 1. The monoisotopic (exact) mass is 239 g/mol. The summed E-state index contributed by atoms with van der Waals surface area (Å²) in [7, 11) is 0. The van der Waals surface area contributed by atoms with Crippen molar-refractivity contribution in [3.8, 4) is 0 Å². The Labute approximate surface area is 113 Å². The number of hydrogen-bond acceptors (Lipinski definition) is 5. The van der Waals surface area contributed by atoms with E-state index in [-0.39, 0.29) is 29.6 Å². The van der Waals surface area contributed by atoms with Crippen molar-refractivity contribution in [1.82, 2.24) is 5.32 Å². The van der Waals surface area contributed by atoms with Crippen molar-refractivity contribution in [3.05, 3.63) is 0 Å². The molecule has 0 aromatic heterocycles. The van der Waals surface area contributed by atoms with Gasteiger partial charge in [0.2, 0.25) is 5.91 Å². The van der Waals surface area contributed by atoms with Gasteiger partial charge in [-0.3, -0.25) is 14.4 Å². The molecule has 0 rings (SSSR count). The molecule has 0 saturated carbocycles. The Hall–Kier alpha value is -0.920. The van der Waals surface area contributed by atoms with E-state index in [1.54, 1.807) is 0 Å². The van der Waals surface area contributed by atoms with Crippen LogP contribution in [0, 0.1) is 0 Å². The molecule has 0 aliphatic rings. The molecular weight excluding hydrogens is 229 g/mol. The maximum absolute atomic E-state index is 10.9. The fraction of sp³-hybridized carbons (Fsp3) is 0.500. The number of hydrogen-bond donors (Lipinski definition) is 2. The van der Waals surface area contributed by atoms with E-state index in [2.05, 4.69) is 0 Å². The molecule has 0 heterocycles. The molecule has 7 nitrogen and oxygen atoms in total. The molecule has 0 saturated heterocycles. The predicted octanol–water partition coefficient (Wildman–Crippen LogP) is -5.32. The third kappa shape index (κ3) is 8.39. The third-order valence-electron chi connectivity index (χ3n) is 1.41. The number of aliphatic carboxylic acids is 2. The van der Waals surface area contributed by atoms with Gasteiger partial charge in [-0.1, -0.05) is 0 Å². The minimum atomic E-state index is -1.70. The molecule has 1 atom stereocenters. The van der Waals surface area contributed by atoms with Crippen molar-refractivity contribution in [2.24, 2.45) is 0 Å². The smallest absolute Gasteiger partial charge is 0.548 e. The van der Waals surface area contributed by atoms with Gasteiger partial charge in [-0.15, -0.1) is 0 Å². The topological polar surface area (TPSA) is 124 Å². The van der Waals surface area contributed by atoms with Crippen LogP contribution in [0.1, 0.15) is 19.8 Å². The SMILES string of the molecule is CC(=O)CC(=O)N[C@@H](CC(=O)O)C(=O)[O-].[Na+]. The van der Waals surface area contributed by atoms with E-state index in [4.69, 9.17) is 5.11 Å². The first kappa shape index (κ1) is 17.5. The van der Waals surface area contributed by atoms with Crippen molar-refractivity contribution in [3.63, 3.8) is 0 Å². The van der Waals surface area contributed by atoms with Crippen LogP contribution in [-0.2, 0) is 19.2 Å². The first-order valence-corrected chi connectivity index (χ1v) is 4.04. The van der Waals surface area contributed by atoms with E-state index in [0.717, 1.165) is 6.92 Å². The molecule has 0 spiro atoms. The van der Waals surface area contributed by atoms with Crippen LogP contribution in [0.4, 0.5) is 0 Å². The van der Waals surface area contributed by atoms with Crippen LogP contribution in [0.5, 0.6) is 0 Å². The number of carbonyl (C=O) groups is 4. The van der Waals surface area contributed by atoms with E-state index in [9.17, 15) is 24.3 Å². The van der Waals surface area contributed by atoms with Crippen molar-refractivity contribution in [2.45, 2.75) is 25.8 Å². The minimum absolute atomic E-state index is 0. The molecule has 1 amide bonds. The Bertz CT molecular complexity index is 303. The van der Waals surface area contributed by atoms with E-state index >= 15 is 0 Å². The van der Waals surface area contributed by atoms with E-state index in [0.29, 0.717) is 0 Å². The van der Waals surface area contributed by atoms with E-state index in [1.807, 2.05) is 5.32 Å². The number of nitrogens with one attached hydrogen (secondary N) is 1. The molecule has 0 aromatic rings. The zero-order chi connectivity index (χ0) is 12.0. The largest absolute Gasteiger partial charge is 1.00 e. The first-order chi connectivity index (χ1) is 6.82. The molecule has 2 N–H and O–H groups in total. The Kier molecular flexibility index (Phi) is 9.02. The Morgan fingerprint density at radius 2 is 1.81 bits per heavy atom. The van der Waals surface area contributed by atoms with Crippen molar-refractivity contribution in [1.29, 1.82) is 0 Å². The number of ketones is 1. The van der Waals surface area contributed by atoms with Crippen LogP contribution in [0.2, 0.25) is 0 Å². The van der Waals surface area contributed by atoms with Crippen LogP contribution >= 0.6 is 0 Å². The van der Waals surface area contributed by atoms with Gasteiger partial charge in [-0.25, -0.2) is 0 Å². The van der Waals surface area contributed by atoms with Gasteiger partial charge in [0, 0.05) is 0 Å². The molecule has 0 radical (unpaired) electrons. The van der Waals surface area contributed by atoms with Gasteiger partial charge in [0.25, 0.3) is 0 Å². The van der Waals surface area contributed by atoms with Gasteiger partial charge in [0.05, 0.1) is 24.9 Å². The quantitative estimate of drug-likeness (QED) is 0.352. The molecule has 0 aromatic carbocycles. The maximum atomic E-state index is 10.9. The normalized spacial score (nSPS) is 10.8. The molecule has 84 valence electrons. The number of Topliss-reactive ketones (excluding diaryl/α,β-unsaturated/α-hetero) is 1. The van der Waals surface area contributed by atoms with Crippen LogP contribution in [0.3, 0.4) is 0 Å². The molecule has 0 aliphatic heterocycles. The summed E-state index contributed by atoms with van der Waals surface area (Å²) < 4.78 is 0. The van der Waals surface area contributed by atoms with Crippen molar-refractivity contribution in [2.75, 3.05) is 0 Å². The van der Waals surface area contributed by atoms with Gasteiger partial charge in [-0.2, -0.15) is 0 Å². The maximum Gasteiger partial charge on any atom is 1.00 e. The number of carboxylic acid groups (broad SMARTS) is 2. The van der Waals surface area contributed by atoms with Gasteiger partial charge in [-0.05, 0) is 6.92 Å². The summed E-state index contributed by atoms with van der Waals surface area (Å²) in [5.41, 5.74) is 0. The fourth-order valence-corrected chi connectivity index (χ4v) is 0.839. The Balaban J connectivity index is 0. The third-order valence-corrected chi connectivity index (χ3v) is 1.41. The summed E-state index contributed by atoms with van der Waals surface area (Å²) in [5, 5.41) is 20.6. The molecule has 16 heavy (non-hydrogen) atoms. The number of carbonyl (C=O) groups excluding carboxylic acids is 3. The van der Waals surface area contributed by atoms with Gasteiger partial charge < -0.3 is 20.3 Å². The van der Waals surface area contributed by atoms with E-state index < -0.39 is 42.5 Å². The number of carboxylic acids is 2. The van der Waals surface area contributed by atoms with Crippen molar-refractivity contribution >= 4 is 23.6 Å². The van der Waals surface area contributed by atoms with Gasteiger partial charge in [0.1, 0.15) is 5.78 Å². The van der Waals surface area contributed by atoms with E-state index in [1.165, 1.54) is 0 Å². The van der Waals surface area contributed by atoms with Crippen molar-refractivity contribution < 1.29 is 58.9 Å². The molecule has 0 fully saturated rings. The molecule has 0 bridgehead atoms. The number of rotatable bonds is 6. The van der Waals surface area contributed by atoms with Crippen LogP contribution in [0.15, 0.2) is 0 Å². The van der Waals surface area contributed by atoms with Crippen LogP contribution in [-0.4, -0.2) is 34.8 Å². The van der Waals surface area contributed by atoms with Gasteiger partial charge in [0.15, 0.2) is 0 Å². The standard InChI is InChI=1S/C8H11NO6.Na/c1-4(10)2-6(11)9-5(8(14)15)3-7(12)13;/h5H,2-3H2,1H3,(H,9,11)(H,12,13)(H,14,15);/q;+1/p-1/t5-;/m0./s1. The summed E-state index contributed by atoms with van der Waals surface area (Å²) in [6.45, 7) is 1.16. The molecule has 0 aliphatic carbocycles. The Morgan fingerprint density at radius 1 is 1.31 bits per heavy atom. The first-order valence-electron chi connectivity index (χ1n) is 4.04. The second-order valence-electron chi connectivity index (χ2n) is 2.92. The van der Waals surface area contributed by atoms with Crippen LogP contribution < -0.4 is 40.0 Å². The molecule has 0 unspecified atom stereocenters. The summed E-state index contributed by atoms with van der Waals surface area (Å²) >= 11 is 0. The molecular formula is C8H10NNaO6. The second kappa shape index (κ2) is 8.26. The Morgan fingerprint density at radius 3 is 2.12 bits per heavy atom. The average molecular weight is 239 g/mol. The average Bonchev–Trinajstić information content (AvgIpc) is 1.99.